The molecule has 1 rings (SSSR count). The van der Waals surface area contributed by atoms with Crippen molar-refractivity contribution >= 4 is 30.9 Å². The highest BCUT2D eigenvalue weighted by Gasteiger charge is 2.38. The van der Waals surface area contributed by atoms with Crippen LogP contribution in [0.25, 0.3) is 0 Å². The molecule has 21 heavy (non-hydrogen) atoms. The molecule has 0 saturated carbocycles. The van der Waals surface area contributed by atoms with Crippen LogP contribution in [-0.4, -0.2) is 25.6 Å². The fourth-order valence-corrected chi connectivity index (χ4v) is 4.90. The van der Waals surface area contributed by atoms with Gasteiger partial charge in [-0.25, -0.2) is 0 Å². The molecule has 1 aliphatic carbocycles. The topological polar surface area (TPSA) is 29.5 Å². The van der Waals surface area contributed by atoms with Crippen molar-refractivity contribution < 1.29 is 9.53 Å². The van der Waals surface area contributed by atoms with E-state index in [1.54, 1.807) is 0 Å². The summed E-state index contributed by atoms with van der Waals surface area (Å²) in [7, 11) is -1.64. The van der Waals surface area contributed by atoms with Gasteiger partial charge in [-0.05, 0) is 86.2 Å². The van der Waals surface area contributed by atoms with Gasteiger partial charge in [0.15, 0.2) is 8.32 Å². The summed E-state index contributed by atoms with van der Waals surface area (Å²) < 4.78 is 7.62. The highest BCUT2D eigenvalue weighted by atomic mass is 127. The molecule has 0 aliphatic heterocycles. The summed E-state index contributed by atoms with van der Waals surface area (Å²) in [6.45, 7) is 13.8. The minimum atomic E-state index is -1.64. The summed E-state index contributed by atoms with van der Waals surface area (Å²) in [5, 5.41) is 10.2. The van der Waals surface area contributed by atoms with Crippen LogP contribution in [0.5, 0.6) is 0 Å². The maximum Gasteiger partial charge on any atom is 0.192 e. The van der Waals surface area contributed by atoms with E-state index >= 15 is 0 Å². The molecule has 0 spiro atoms. The van der Waals surface area contributed by atoms with Crippen LogP contribution in [0.1, 0.15) is 66.2 Å². The Labute approximate surface area is 146 Å². The van der Waals surface area contributed by atoms with E-state index in [9.17, 15) is 5.11 Å². The lowest BCUT2D eigenvalue weighted by atomic mass is 9.93. The molecule has 2 atom stereocenters. The molecule has 0 aromatic rings. The van der Waals surface area contributed by atoms with Crippen molar-refractivity contribution in [3.05, 3.63) is 9.15 Å². The summed E-state index contributed by atoms with van der Waals surface area (Å²) in [6, 6.07) is 0. The minimum absolute atomic E-state index is 0.199. The van der Waals surface area contributed by atoms with Crippen molar-refractivity contribution in [3.8, 4) is 0 Å². The summed E-state index contributed by atoms with van der Waals surface area (Å²) in [5.41, 5.74) is 1.48. The van der Waals surface area contributed by atoms with E-state index < -0.39 is 8.32 Å². The predicted octanol–water partition coefficient (Wildman–Crippen LogP) is 5.80. The Kier molecular flexibility index (Phi) is 7.42. The van der Waals surface area contributed by atoms with Gasteiger partial charge in [0.05, 0.1) is 6.10 Å². The van der Waals surface area contributed by atoms with Crippen molar-refractivity contribution in [2.75, 3.05) is 0 Å². The van der Waals surface area contributed by atoms with E-state index in [0.717, 1.165) is 25.7 Å². The van der Waals surface area contributed by atoms with Crippen LogP contribution in [0.3, 0.4) is 0 Å². The number of aliphatic hydroxyl groups excluding tert-OH is 1. The first-order chi connectivity index (χ1) is 9.54. The third-order valence-electron chi connectivity index (χ3n) is 4.98. The number of halogens is 1. The second-order valence-corrected chi connectivity index (χ2v) is 13.9. The Morgan fingerprint density at radius 1 is 1.38 bits per heavy atom. The van der Waals surface area contributed by atoms with Crippen LogP contribution in [0.2, 0.25) is 18.1 Å². The monoisotopic (exact) mass is 424 g/mol. The number of hydrogen-bond donors (Lipinski definition) is 1. The molecule has 2 nitrogen and oxygen atoms in total. The van der Waals surface area contributed by atoms with Gasteiger partial charge >= 0.3 is 0 Å². The molecule has 0 saturated heterocycles. The maximum atomic E-state index is 9.91. The van der Waals surface area contributed by atoms with E-state index in [1.165, 1.54) is 22.0 Å². The highest BCUT2D eigenvalue weighted by Crippen LogP contribution is 2.38. The fraction of sp³-hybridized carbons (Fsp3) is 0.882. The Balaban J connectivity index is 2.41. The van der Waals surface area contributed by atoms with Crippen molar-refractivity contribution in [1.29, 1.82) is 0 Å². The molecule has 0 radical (unpaired) electrons. The largest absolute Gasteiger partial charge is 0.414 e. The smallest absolute Gasteiger partial charge is 0.192 e. The first-order valence-corrected chi connectivity index (χ1v) is 12.3. The molecule has 0 aromatic heterocycles. The van der Waals surface area contributed by atoms with Crippen molar-refractivity contribution in [1.82, 2.24) is 0 Å². The SMILES string of the molecule is C[C@@H](CCCC1=C(I)[C@H](O)CCC1)O[Si](C)(C)C(C)(C)C. The lowest BCUT2D eigenvalue weighted by Crippen LogP contribution is -2.43. The van der Waals surface area contributed by atoms with Crippen molar-refractivity contribution in [2.45, 2.75) is 96.6 Å². The molecule has 0 fully saturated rings. The first-order valence-electron chi connectivity index (χ1n) is 8.28. The lowest BCUT2D eigenvalue weighted by molar-refractivity contribution is 0.185. The second kappa shape index (κ2) is 7.93. The van der Waals surface area contributed by atoms with Crippen LogP contribution >= 0.6 is 22.6 Å². The molecule has 0 aromatic carbocycles. The zero-order valence-electron chi connectivity index (χ0n) is 14.6. The molecule has 0 unspecified atom stereocenters. The van der Waals surface area contributed by atoms with Gasteiger partial charge in [0.1, 0.15) is 0 Å². The number of hydrogen-bond acceptors (Lipinski definition) is 2. The third kappa shape index (κ3) is 5.96. The van der Waals surface area contributed by atoms with E-state index in [-0.39, 0.29) is 11.1 Å². The molecule has 124 valence electrons. The van der Waals surface area contributed by atoms with Gasteiger partial charge in [-0.3, -0.25) is 0 Å². The molecule has 0 bridgehead atoms. The van der Waals surface area contributed by atoms with E-state index in [4.69, 9.17) is 4.43 Å². The zero-order valence-corrected chi connectivity index (χ0v) is 17.8. The Hall–Kier alpha value is 0.607. The Bertz CT molecular complexity index is 371. The quantitative estimate of drug-likeness (QED) is 0.431. The van der Waals surface area contributed by atoms with Crippen LogP contribution in [0, 0.1) is 0 Å². The van der Waals surface area contributed by atoms with Gasteiger partial charge in [-0.1, -0.05) is 26.3 Å². The predicted molar refractivity (Wildman–Crippen MR) is 102 cm³/mol. The third-order valence-corrected chi connectivity index (χ3v) is 11.1. The van der Waals surface area contributed by atoms with Crippen molar-refractivity contribution in [3.63, 3.8) is 0 Å². The van der Waals surface area contributed by atoms with Gasteiger partial charge in [-0.15, -0.1) is 0 Å². The zero-order chi connectivity index (χ0) is 16.3. The summed E-state index contributed by atoms with van der Waals surface area (Å²) in [6.07, 6.45) is 6.81. The number of allylic oxidation sites excluding steroid dienone is 1. The van der Waals surface area contributed by atoms with Gasteiger partial charge in [0, 0.05) is 9.68 Å². The van der Waals surface area contributed by atoms with Crippen LogP contribution in [0.15, 0.2) is 9.15 Å². The first kappa shape index (κ1) is 19.7. The van der Waals surface area contributed by atoms with Gasteiger partial charge in [0.25, 0.3) is 0 Å². The molecule has 4 heteroatoms. The number of rotatable bonds is 6. The molecular weight excluding hydrogens is 391 g/mol. The average molecular weight is 424 g/mol. The number of aliphatic hydroxyl groups is 1. The lowest BCUT2D eigenvalue weighted by Gasteiger charge is -2.38. The normalized spacial score (nSPS) is 22.6. The highest BCUT2D eigenvalue weighted by molar-refractivity contribution is 14.1. The molecule has 0 heterocycles. The maximum absolute atomic E-state index is 9.91. The average Bonchev–Trinajstić information content (AvgIpc) is 2.32. The fourth-order valence-electron chi connectivity index (χ4n) is 2.58. The molecule has 1 N–H and O–H groups in total. The van der Waals surface area contributed by atoms with Crippen LogP contribution in [-0.2, 0) is 4.43 Å². The van der Waals surface area contributed by atoms with E-state index in [0.29, 0.717) is 6.10 Å². The summed E-state index contributed by atoms with van der Waals surface area (Å²) in [5.74, 6) is 0. The van der Waals surface area contributed by atoms with E-state index in [1.807, 2.05) is 0 Å². The molecule has 0 amide bonds. The van der Waals surface area contributed by atoms with Gasteiger partial charge in [-0.2, -0.15) is 0 Å². The molecular formula is C17H33IO2Si. The van der Waals surface area contributed by atoms with E-state index in [2.05, 4.69) is 63.4 Å². The summed E-state index contributed by atoms with van der Waals surface area (Å²) >= 11 is 2.34. The Morgan fingerprint density at radius 3 is 2.57 bits per heavy atom. The Morgan fingerprint density at radius 2 is 2.00 bits per heavy atom. The molecule has 1 aliphatic rings. The van der Waals surface area contributed by atoms with Gasteiger partial charge in [0.2, 0.25) is 0 Å². The van der Waals surface area contributed by atoms with Crippen molar-refractivity contribution in [2.24, 2.45) is 0 Å². The van der Waals surface area contributed by atoms with Crippen LogP contribution < -0.4 is 0 Å². The minimum Gasteiger partial charge on any atom is -0.414 e. The van der Waals surface area contributed by atoms with Gasteiger partial charge < -0.3 is 9.53 Å². The summed E-state index contributed by atoms with van der Waals surface area (Å²) in [4.78, 5) is 0. The standard InChI is InChI=1S/C17H33IO2Si/c1-13(20-21(5,6)17(2,3)4)9-7-10-14-11-8-12-15(19)16(14)18/h13,15,19H,7-12H2,1-6H3/t13-,15+/m0/s1. The van der Waals surface area contributed by atoms with Crippen LogP contribution in [0.4, 0.5) is 0 Å². The second-order valence-electron chi connectivity index (χ2n) is 7.94.